The molecule has 1 aromatic carbocycles. The molecule has 31 heavy (non-hydrogen) atoms. The van der Waals surface area contributed by atoms with Crippen LogP contribution in [-0.4, -0.2) is 57.2 Å². The van der Waals surface area contributed by atoms with Gasteiger partial charge in [0.2, 0.25) is 10.0 Å². The number of likely N-dealkylation sites (N-methyl/N-ethyl adjacent to an activating group) is 1. The zero-order valence-electron chi connectivity index (χ0n) is 18.8. The Labute approximate surface area is 185 Å². The number of hydrogen-bond donors (Lipinski definition) is 0. The third kappa shape index (κ3) is 5.84. The van der Waals surface area contributed by atoms with Crippen molar-refractivity contribution in [3.05, 3.63) is 40.4 Å². The number of rotatable bonds is 9. The SMILES string of the molecule is CCOC(=O)CN(C)S(=O)(=O)/C(C)=C(/C)N(C(C)(C)C#N)S(=O)(=O)c1ccc(C)cc1. The Hall–Kier alpha value is -2.42. The van der Waals surface area contributed by atoms with E-state index in [1.165, 1.54) is 46.9 Å². The third-order valence-corrected chi connectivity index (χ3v) is 8.71. The van der Waals surface area contributed by atoms with Gasteiger partial charge in [-0.05, 0) is 53.7 Å². The molecule has 0 aliphatic rings. The first-order valence-electron chi connectivity index (χ1n) is 9.45. The molecule has 1 aromatic rings. The van der Waals surface area contributed by atoms with E-state index in [4.69, 9.17) is 4.74 Å². The number of sulfonamides is 2. The van der Waals surface area contributed by atoms with Gasteiger partial charge >= 0.3 is 5.97 Å². The van der Waals surface area contributed by atoms with Crippen molar-refractivity contribution < 1.29 is 26.4 Å². The molecule has 0 saturated heterocycles. The lowest BCUT2D eigenvalue weighted by Gasteiger charge is -2.35. The van der Waals surface area contributed by atoms with E-state index in [2.05, 4.69) is 0 Å². The summed E-state index contributed by atoms with van der Waals surface area (Å²) in [5, 5.41) is 9.64. The zero-order valence-corrected chi connectivity index (χ0v) is 20.5. The normalized spacial score (nSPS) is 13.4. The Morgan fingerprint density at radius 1 is 1.13 bits per heavy atom. The molecule has 0 bridgehead atoms. The summed E-state index contributed by atoms with van der Waals surface area (Å²) in [6, 6.07) is 7.94. The molecule has 0 aromatic heterocycles. The van der Waals surface area contributed by atoms with Crippen LogP contribution < -0.4 is 0 Å². The minimum absolute atomic E-state index is 0.0779. The number of benzene rings is 1. The highest BCUT2D eigenvalue weighted by molar-refractivity contribution is 7.93. The second-order valence-corrected chi connectivity index (χ2v) is 11.4. The van der Waals surface area contributed by atoms with Crippen molar-refractivity contribution in [1.82, 2.24) is 8.61 Å². The molecule has 1 rings (SSSR count). The fraction of sp³-hybridized carbons (Fsp3) is 0.500. The van der Waals surface area contributed by atoms with Crippen LogP contribution in [0.2, 0.25) is 0 Å². The molecule has 0 saturated carbocycles. The first kappa shape index (κ1) is 26.6. The summed E-state index contributed by atoms with van der Waals surface area (Å²) < 4.78 is 59.2. The van der Waals surface area contributed by atoms with Crippen LogP contribution in [0.25, 0.3) is 0 Å². The molecule has 11 heteroatoms. The maximum Gasteiger partial charge on any atom is 0.321 e. The minimum atomic E-state index is -4.27. The number of nitriles is 1. The Morgan fingerprint density at radius 3 is 2.10 bits per heavy atom. The smallest absolute Gasteiger partial charge is 0.321 e. The highest BCUT2D eigenvalue weighted by atomic mass is 32.2. The van der Waals surface area contributed by atoms with E-state index in [-0.39, 0.29) is 22.1 Å². The van der Waals surface area contributed by atoms with Crippen molar-refractivity contribution in [2.24, 2.45) is 0 Å². The lowest BCUT2D eigenvalue weighted by molar-refractivity contribution is -0.143. The zero-order chi connectivity index (χ0) is 24.2. The first-order chi connectivity index (χ1) is 14.1. The average molecular weight is 472 g/mol. The van der Waals surface area contributed by atoms with Crippen LogP contribution in [0.1, 0.15) is 40.2 Å². The van der Waals surface area contributed by atoms with Crippen LogP contribution in [-0.2, 0) is 29.6 Å². The molecule has 0 aliphatic carbocycles. The predicted molar refractivity (Wildman–Crippen MR) is 116 cm³/mol. The second kappa shape index (κ2) is 9.80. The lowest BCUT2D eigenvalue weighted by Crippen LogP contribution is -2.46. The molecule has 0 atom stereocenters. The molecule has 0 aliphatic heterocycles. The molecule has 0 radical (unpaired) electrons. The number of aryl methyl sites for hydroxylation is 1. The summed E-state index contributed by atoms with van der Waals surface area (Å²) in [6.07, 6.45) is 0. The van der Waals surface area contributed by atoms with Gasteiger partial charge in [0, 0.05) is 12.7 Å². The molecule has 0 fully saturated rings. The number of carbonyl (C=O) groups is 1. The Balaban J connectivity index is 3.62. The van der Waals surface area contributed by atoms with Gasteiger partial charge in [-0.15, -0.1) is 0 Å². The molecule has 0 N–H and O–H groups in total. The van der Waals surface area contributed by atoms with Gasteiger partial charge in [-0.2, -0.15) is 9.57 Å². The van der Waals surface area contributed by atoms with Crippen LogP contribution >= 0.6 is 0 Å². The van der Waals surface area contributed by atoms with E-state index in [0.717, 1.165) is 14.2 Å². The number of carbonyl (C=O) groups excluding carboxylic acids is 1. The van der Waals surface area contributed by atoms with Crippen LogP contribution in [0.5, 0.6) is 0 Å². The molecular formula is C20H29N3O6S2. The van der Waals surface area contributed by atoms with E-state index in [0.29, 0.717) is 0 Å². The van der Waals surface area contributed by atoms with E-state index < -0.39 is 38.1 Å². The van der Waals surface area contributed by atoms with Gasteiger partial charge in [0.25, 0.3) is 10.0 Å². The lowest BCUT2D eigenvalue weighted by atomic mass is 10.1. The summed E-state index contributed by atoms with van der Waals surface area (Å²) >= 11 is 0. The van der Waals surface area contributed by atoms with Gasteiger partial charge in [-0.1, -0.05) is 17.7 Å². The van der Waals surface area contributed by atoms with Gasteiger partial charge in [-0.3, -0.25) is 9.10 Å². The molecule has 0 heterocycles. The molecular weight excluding hydrogens is 442 g/mol. The van der Waals surface area contributed by atoms with E-state index in [1.54, 1.807) is 26.0 Å². The van der Waals surface area contributed by atoms with Gasteiger partial charge in [-0.25, -0.2) is 16.8 Å². The number of esters is 1. The second-order valence-electron chi connectivity index (χ2n) is 7.46. The van der Waals surface area contributed by atoms with Gasteiger partial charge in [0.1, 0.15) is 12.1 Å². The number of hydrogen-bond acceptors (Lipinski definition) is 7. The first-order valence-corrected chi connectivity index (χ1v) is 12.3. The Bertz CT molecular complexity index is 1100. The molecule has 172 valence electrons. The highest BCUT2D eigenvalue weighted by Gasteiger charge is 2.40. The van der Waals surface area contributed by atoms with Gasteiger partial charge in [0.05, 0.1) is 22.5 Å². The maximum absolute atomic E-state index is 13.4. The molecule has 0 amide bonds. The average Bonchev–Trinajstić information content (AvgIpc) is 2.67. The minimum Gasteiger partial charge on any atom is -0.465 e. The fourth-order valence-electron chi connectivity index (χ4n) is 2.80. The van der Waals surface area contributed by atoms with Crippen molar-refractivity contribution >= 4 is 26.0 Å². The summed E-state index contributed by atoms with van der Waals surface area (Å²) in [5.41, 5.74) is -0.899. The molecule has 0 spiro atoms. The van der Waals surface area contributed by atoms with Crippen molar-refractivity contribution in [1.29, 1.82) is 5.26 Å². The monoisotopic (exact) mass is 471 g/mol. The summed E-state index contributed by atoms with van der Waals surface area (Å²) in [7, 11) is -7.30. The fourth-order valence-corrected chi connectivity index (χ4v) is 5.89. The predicted octanol–water partition coefficient (Wildman–Crippen LogP) is 2.36. The molecule has 9 nitrogen and oxygen atoms in total. The van der Waals surface area contributed by atoms with Crippen molar-refractivity contribution in [3.8, 4) is 6.07 Å². The summed E-state index contributed by atoms with van der Waals surface area (Å²) in [5.74, 6) is -0.736. The summed E-state index contributed by atoms with van der Waals surface area (Å²) in [6.45, 7) is 8.27. The van der Waals surface area contributed by atoms with Crippen molar-refractivity contribution in [2.75, 3.05) is 20.2 Å². The summed E-state index contributed by atoms with van der Waals surface area (Å²) in [4.78, 5) is 11.3. The van der Waals surface area contributed by atoms with E-state index >= 15 is 0 Å². The number of nitrogens with zero attached hydrogens (tertiary/aromatic N) is 3. The van der Waals surface area contributed by atoms with E-state index in [1.807, 2.05) is 6.07 Å². The number of allylic oxidation sites excluding steroid dienone is 2. The third-order valence-electron chi connectivity index (χ3n) is 4.61. The standard InChI is InChI=1S/C20H29N3O6S2/c1-8-29-19(24)13-22(7)30(25,26)17(4)16(3)23(20(5,6)14-21)31(27,28)18-11-9-15(2)10-12-18/h9-12H,8,13H2,1-7H3/b17-16-. The highest BCUT2D eigenvalue weighted by Crippen LogP contribution is 2.32. The van der Waals surface area contributed by atoms with Crippen LogP contribution in [0, 0.1) is 18.3 Å². The quantitative estimate of drug-likeness (QED) is 0.506. The largest absolute Gasteiger partial charge is 0.465 e. The van der Waals surface area contributed by atoms with Gasteiger partial charge in [0.15, 0.2) is 0 Å². The van der Waals surface area contributed by atoms with E-state index in [9.17, 15) is 26.9 Å². The topological polar surface area (TPSA) is 125 Å². The molecule has 0 unspecified atom stereocenters. The van der Waals surface area contributed by atoms with Gasteiger partial charge < -0.3 is 4.74 Å². The Kier molecular flexibility index (Phi) is 8.42. The maximum atomic E-state index is 13.4. The van der Waals surface area contributed by atoms with Crippen LogP contribution in [0.15, 0.2) is 39.8 Å². The number of ether oxygens (including phenoxy) is 1. The van der Waals surface area contributed by atoms with Crippen LogP contribution in [0.4, 0.5) is 0 Å². The Morgan fingerprint density at radius 2 is 1.65 bits per heavy atom. The van der Waals surface area contributed by atoms with Crippen LogP contribution in [0.3, 0.4) is 0 Å². The van der Waals surface area contributed by atoms with Crippen molar-refractivity contribution in [3.63, 3.8) is 0 Å². The van der Waals surface area contributed by atoms with Crippen molar-refractivity contribution in [2.45, 2.75) is 52.0 Å².